The smallest absolute Gasteiger partial charge is 0.263 e. The molecule has 5 nitrogen and oxygen atoms in total. The van der Waals surface area contributed by atoms with E-state index >= 15 is 0 Å². The number of aromatic nitrogens is 3. The number of amides is 1. The molecule has 0 saturated carbocycles. The Morgan fingerprint density at radius 2 is 2.16 bits per heavy atom. The molecule has 0 saturated heterocycles. The normalized spacial score (nSPS) is 16.5. The van der Waals surface area contributed by atoms with Gasteiger partial charge in [0.25, 0.3) is 5.91 Å². The van der Waals surface area contributed by atoms with E-state index in [1.807, 2.05) is 17.8 Å². The molecule has 25 heavy (non-hydrogen) atoms. The molecule has 1 aliphatic rings. The van der Waals surface area contributed by atoms with Crippen molar-refractivity contribution in [3.05, 3.63) is 63.6 Å². The third kappa shape index (κ3) is 2.95. The van der Waals surface area contributed by atoms with Gasteiger partial charge in [0, 0.05) is 11.3 Å². The van der Waals surface area contributed by atoms with Crippen molar-refractivity contribution in [3.8, 4) is 5.69 Å². The third-order valence-corrected chi connectivity index (χ3v) is 5.44. The minimum absolute atomic E-state index is 0.0630. The SMILES string of the molecule is Cc1ncsc1C(=O)NC1CCCc2c1cnn2-c1ccc(F)cc1. The van der Waals surface area contributed by atoms with Gasteiger partial charge in [-0.15, -0.1) is 11.3 Å². The van der Waals surface area contributed by atoms with Crippen molar-refractivity contribution < 1.29 is 9.18 Å². The maximum Gasteiger partial charge on any atom is 0.263 e. The topological polar surface area (TPSA) is 59.8 Å². The molecule has 0 aliphatic heterocycles. The number of aryl methyl sites for hydroxylation is 1. The number of carbonyl (C=O) groups is 1. The van der Waals surface area contributed by atoms with Crippen LogP contribution in [-0.2, 0) is 6.42 Å². The average Bonchev–Trinajstić information content (AvgIpc) is 3.22. The molecule has 1 atom stereocenters. The molecule has 1 N–H and O–H groups in total. The van der Waals surface area contributed by atoms with Crippen LogP contribution in [0.5, 0.6) is 0 Å². The highest BCUT2D eigenvalue weighted by atomic mass is 32.1. The van der Waals surface area contributed by atoms with Crippen LogP contribution < -0.4 is 5.32 Å². The van der Waals surface area contributed by atoms with Crippen molar-refractivity contribution in [2.24, 2.45) is 0 Å². The second kappa shape index (κ2) is 6.40. The van der Waals surface area contributed by atoms with E-state index in [2.05, 4.69) is 15.4 Å². The summed E-state index contributed by atoms with van der Waals surface area (Å²) < 4.78 is 15.0. The quantitative estimate of drug-likeness (QED) is 0.780. The molecule has 1 unspecified atom stereocenters. The zero-order chi connectivity index (χ0) is 17.4. The summed E-state index contributed by atoms with van der Waals surface area (Å²) in [5, 5.41) is 7.58. The summed E-state index contributed by atoms with van der Waals surface area (Å²) in [5.41, 5.74) is 5.37. The first-order chi connectivity index (χ1) is 12.1. The molecule has 128 valence electrons. The van der Waals surface area contributed by atoms with Crippen molar-refractivity contribution in [2.45, 2.75) is 32.2 Å². The lowest BCUT2D eigenvalue weighted by Crippen LogP contribution is -2.30. The van der Waals surface area contributed by atoms with E-state index in [9.17, 15) is 9.18 Å². The fourth-order valence-corrected chi connectivity index (χ4v) is 3.96. The van der Waals surface area contributed by atoms with Crippen LogP contribution in [0.1, 0.15) is 45.5 Å². The van der Waals surface area contributed by atoms with Gasteiger partial charge in [0.05, 0.1) is 29.1 Å². The minimum atomic E-state index is -0.269. The molecule has 1 aliphatic carbocycles. The van der Waals surface area contributed by atoms with Gasteiger partial charge in [0.1, 0.15) is 10.7 Å². The fourth-order valence-electron chi connectivity index (χ4n) is 3.26. The summed E-state index contributed by atoms with van der Waals surface area (Å²) in [6.45, 7) is 1.84. The van der Waals surface area contributed by atoms with Crippen LogP contribution in [0.3, 0.4) is 0 Å². The van der Waals surface area contributed by atoms with E-state index in [0.717, 1.165) is 41.9 Å². The number of halogens is 1. The van der Waals surface area contributed by atoms with Crippen molar-refractivity contribution in [1.29, 1.82) is 0 Å². The first-order valence-corrected chi connectivity index (χ1v) is 9.05. The van der Waals surface area contributed by atoms with Crippen molar-refractivity contribution >= 4 is 17.2 Å². The fraction of sp³-hybridized carbons (Fsp3) is 0.278. The molecule has 4 rings (SSSR count). The number of benzene rings is 1. The van der Waals surface area contributed by atoms with Gasteiger partial charge in [-0.3, -0.25) is 4.79 Å². The number of nitrogens with zero attached hydrogens (tertiary/aromatic N) is 3. The summed E-state index contributed by atoms with van der Waals surface area (Å²) in [6, 6.07) is 6.22. The first kappa shape index (κ1) is 16.0. The van der Waals surface area contributed by atoms with Gasteiger partial charge in [0.15, 0.2) is 0 Å². The maximum absolute atomic E-state index is 13.2. The van der Waals surface area contributed by atoms with Crippen LogP contribution in [0.4, 0.5) is 4.39 Å². The molecular formula is C18H17FN4OS. The highest BCUT2D eigenvalue weighted by Crippen LogP contribution is 2.31. The van der Waals surface area contributed by atoms with Gasteiger partial charge in [0.2, 0.25) is 0 Å². The van der Waals surface area contributed by atoms with Crippen molar-refractivity contribution in [2.75, 3.05) is 0 Å². The second-order valence-electron chi connectivity index (χ2n) is 6.12. The van der Waals surface area contributed by atoms with Crippen LogP contribution >= 0.6 is 11.3 Å². The first-order valence-electron chi connectivity index (χ1n) is 8.17. The molecule has 2 heterocycles. The lowest BCUT2D eigenvalue weighted by Gasteiger charge is -2.24. The number of hydrogen-bond donors (Lipinski definition) is 1. The highest BCUT2D eigenvalue weighted by molar-refractivity contribution is 7.11. The Balaban J connectivity index is 1.62. The zero-order valence-electron chi connectivity index (χ0n) is 13.7. The molecule has 3 aromatic rings. The van der Waals surface area contributed by atoms with Crippen LogP contribution in [0, 0.1) is 12.7 Å². The van der Waals surface area contributed by atoms with E-state index in [1.165, 1.54) is 23.5 Å². The summed E-state index contributed by atoms with van der Waals surface area (Å²) in [7, 11) is 0. The molecule has 1 amide bonds. The minimum Gasteiger partial charge on any atom is -0.344 e. The van der Waals surface area contributed by atoms with E-state index in [4.69, 9.17) is 0 Å². The van der Waals surface area contributed by atoms with E-state index in [0.29, 0.717) is 4.88 Å². The molecule has 0 fully saturated rings. The summed E-state index contributed by atoms with van der Waals surface area (Å²) in [5.74, 6) is -0.359. The number of rotatable bonds is 3. The van der Waals surface area contributed by atoms with Gasteiger partial charge in [-0.05, 0) is 50.5 Å². The number of thiazole rings is 1. The van der Waals surface area contributed by atoms with Gasteiger partial charge < -0.3 is 5.32 Å². The van der Waals surface area contributed by atoms with Gasteiger partial charge >= 0.3 is 0 Å². The molecule has 2 aromatic heterocycles. The number of hydrogen-bond acceptors (Lipinski definition) is 4. The number of carbonyl (C=O) groups excluding carboxylic acids is 1. The van der Waals surface area contributed by atoms with E-state index < -0.39 is 0 Å². The third-order valence-electron chi connectivity index (χ3n) is 4.51. The molecule has 0 spiro atoms. The van der Waals surface area contributed by atoms with Crippen molar-refractivity contribution in [3.63, 3.8) is 0 Å². The van der Waals surface area contributed by atoms with Crippen LogP contribution in [-0.4, -0.2) is 20.7 Å². The molecule has 0 bridgehead atoms. The molecule has 0 radical (unpaired) electrons. The van der Waals surface area contributed by atoms with Crippen LogP contribution in [0.25, 0.3) is 5.69 Å². The lowest BCUT2D eigenvalue weighted by molar-refractivity contribution is 0.0936. The molecule has 1 aromatic carbocycles. The predicted molar refractivity (Wildman–Crippen MR) is 93.5 cm³/mol. The maximum atomic E-state index is 13.2. The van der Waals surface area contributed by atoms with Crippen molar-refractivity contribution in [1.82, 2.24) is 20.1 Å². The Morgan fingerprint density at radius 3 is 2.88 bits per heavy atom. The molecule has 7 heteroatoms. The monoisotopic (exact) mass is 356 g/mol. The zero-order valence-corrected chi connectivity index (χ0v) is 14.5. The van der Waals surface area contributed by atoms with Crippen LogP contribution in [0.15, 0.2) is 36.0 Å². The van der Waals surface area contributed by atoms with Crippen LogP contribution in [0.2, 0.25) is 0 Å². The lowest BCUT2D eigenvalue weighted by atomic mass is 9.92. The number of nitrogens with one attached hydrogen (secondary N) is 1. The Kier molecular flexibility index (Phi) is 4.09. The molecular weight excluding hydrogens is 339 g/mol. The predicted octanol–water partition coefficient (Wildman–Crippen LogP) is 3.58. The Morgan fingerprint density at radius 1 is 1.36 bits per heavy atom. The highest BCUT2D eigenvalue weighted by Gasteiger charge is 2.27. The Hall–Kier alpha value is -2.54. The summed E-state index contributed by atoms with van der Waals surface area (Å²) in [4.78, 5) is 17.3. The second-order valence-corrected chi connectivity index (χ2v) is 6.97. The van der Waals surface area contributed by atoms with E-state index in [1.54, 1.807) is 17.6 Å². The van der Waals surface area contributed by atoms with Gasteiger partial charge in [-0.1, -0.05) is 0 Å². The van der Waals surface area contributed by atoms with Gasteiger partial charge in [-0.25, -0.2) is 14.1 Å². The Labute approximate surface area is 148 Å². The van der Waals surface area contributed by atoms with E-state index in [-0.39, 0.29) is 17.8 Å². The average molecular weight is 356 g/mol. The van der Waals surface area contributed by atoms with Gasteiger partial charge in [-0.2, -0.15) is 5.10 Å². The largest absolute Gasteiger partial charge is 0.344 e. The summed E-state index contributed by atoms with van der Waals surface area (Å²) >= 11 is 1.35. The summed E-state index contributed by atoms with van der Waals surface area (Å²) in [6.07, 6.45) is 4.54. The standard InChI is InChI=1S/C18H17FN4OS/c1-11-17(25-10-20-11)18(24)22-15-3-2-4-16-14(15)9-21-23(16)13-7-5-12(19)6-8-13/h5-10,15H,2-4H2,1H3,(H,22,24). The Bertz CT molecular complexity index is 916. The number of fused-ring (bicyclic) bond motifs is 1.